The molecule has 146 valence electrons. The number of alkyl halides is 1. The molecule has 0 aliphatic carbocycles. The van der Waals surface area contributed by atoms with E-state index in [-0.39, 0.29) is 11.9 Å². The summed E-state index contributed by atoms with van der Waals surface area (Å²) in [5.74, 6) is 0.574. The summed E-state index contributed by atoms with van der Waals surface area (Å²) >= 11 is 6.21. The van der Waals surface area contributed by atoms with Crippen molar-refractivity contribution in [3.8, 4) is 0 Å². The fraction of sp³-hybridized carbons (Fsp3) is 0.571. The molecule has 4 rings (SSSR count). The van der Waals surface area contributed by atoms with Crippen LogP contribution in [0.1, 0.15) is 44.0 Å². The Morgan fingerprint density at radius 1 is 1.37 bits per heavy atom. The van der Waals surface area contributed by atoms with E-state index in [9.17, 15) is 9.18 Å². The monoisotopic (exact) mass is 391 g/mol. The Balaban J connectivity index is 1.63. The van der Waals surface area contributed by atoms with E-state index in [1.165, 1.54) is 5.56 Å². The molecule has 2 aliphatic heterocycles. The summed E-state index contributed by atoms with van der Waals surface area (Å²) in [5, 5.41) is 1.90. The van der Waals surface area contributed by atoms with E-state index >= 15 is 0 Å². The molecule has 4 nitrogen and oxygen atoms in total. The molecule has 27 heavy (non-hydrogen) atoms. The normalized spacial score (nSPS) is 23.4. The molecular weight excluding hydrogens is 365 g/mol. The van der Waals surface area contributed by atoms with Crippen molar-refractivity contribution >= 4 is 28.4 Å². The minimum absolute atomic E-state index is 0.0382. The third-order valence-electron chi connectivity index (χ3n) is 5.80. The SMILES string of the molecule is CC(C)CC1c2[nH]c3ccc(Cl)cc3c2CCN1C(=O)CN1CC[C@H](F)C1. The smallest absolute Gasteiger partial charge is 0.237 e. The van der Waals surface area contributed by atoms with Crippen LogP contribution in [-0.2, 0) is 11.2 Å². The van der Waals surface area contributed by atoms with Gasteiger partial charge in [0.05, 0.1) is 12.6 Å². The highest BCUT2D eigenvalue weighted by Gasteiger charge is 2.35. The number of carbonyl (C=O) groups is 1. The second kappa shape index (κ2) is 7.44. The lowest BCUT2D eigenvalue weighted by Crippen LogP contribution is -2.45. The Hall–Kier alpha value is -1.59. The average molecular weight is 392 g/mol. The fourth-order valence-corrected chi connectivity index (χ4v) is 4.71. The quantitative estimate of drug-likeness (QED) is 0.842. The van der Waals surface area contributed by atoms with Crippen molar-refractivity contribution in [3.05, 3.63) is 34.5 Å². The number of nitrogens with zero attached hydrogens (tertiary/aromatic N) is 2. The molecule has 0 radical (unpaired) electrons. The van der Waals surface area contributed by atoms with Crippen molar-refractivity contribution < 1.29 is 9.18 Å². The van der Waals surface area contributed by atoms with Gasteiger partial charge in [-0.3, -0.25) is 9.69 Å². The largest absolute Gasteiger partial charge is 0.356 e. The van der Waals surface area contributed by atoms with Gasteiger partial charge in [-0.15, -0.1) is 0 Å². The number of rotatable bonds is 4. The van der Waals surface area contributed by atoms with Gasteiger partial charge in [-0.05, 0) is 48.9 Å². The topological polar surface area (TPSA) is 39.3 Å². The van der Waals surface area contributed by atoms with Gasteiger partial charge in [0.2, 0.25) is 5.91 Å². The molecule has 2 aliphatic rings. The van der Waals surface area contributed by atoms with Crippen molar-refractivity contribution in [1.82, 2.24) is 14.8 Å². The number of halogens is 2. The highest BCUT2D eigenvalue weighted by molar-refractivity contribution is 6.31. The molecule has 6 heteroatoms. The first kappa shape index (κ1) is 18.8. The maximum absolute atomic E-state index is 13.5. The Labute approximate surface area is 164 Å². The summed E-state index contributed by atoms with van der Waals surface area (Å²) in [6.07, 6.45) is 1.47. The second-order valence-electron chi connectivity index (χ2n) is 8.31. The van der Waals surface area contributed by atoms with Gasteiger partial charge in [0.1, 0.15) is 6.17 Å². The van der Waals surface area contributed by atoms with Crippen LogP contribution in [0, 0.1) is 5.92 Å². The van der Waals surface area contributed by atoms with Crippen LogP contribution in [0.25, 0.3) is 10.9 Å². The summed E-state index contributed by atoms with van der Waals surface area (Å²) in [6, 6.07) is 5.96. The molecule has 1 saturated heterocycles. The summed E-state index contributed by atoms with van der Waals surface area (Å²) < 4.78 is 13.5. The molecular formula is C21H27ClFN3O. The van der Waals surface area contributed by atoms with Crippen LogP contribution in [-0.4, -0.2) is 53.0 Å². The van der Waals surface area contributed by atoms with E-state index in [0.29, 0.717) is 38.5 Å². The zero-order valence-corrected chi connectivity index (χ0v) is 16.7. The molecule has 1 unspecified atom stereocenters. The van der Waals surface area contributed by atoms with Crippen molar-refractivity contribution in [3.63, 3.8) is 0 Å². The molecule has 1 fully saturated rings. The number of aromatic nitrogens is 1. The van der Waals surface area contributed by atoms with Gasteiger partial charge in [-0.25, -0.2) is 4.39 Å². The number of hydrogen-bond acceptors (Lipinski definition) is 2. The summed E-state index contributed by atoms with van der Waals surface area (Å²) in [6.45, 7) is 6.44. The van der Waals surface area contributed by atoms with E-state index in [4.69, 9.17) is 11.6 Å². The van der Waals surface area contributed by atoms with Crippen LogP contribution in [0.4, 0.5) is 4.39 Å². The molecule has 1 aromatic carbocycles. The first-order valence-electron chi connectivity index (χ1n) is 9.88. The lowest BCUT2D eigenvalue weighted by atomic mass is 9.91. The van der Waals surface area contributed by atoms with Gasteiger partial charge in [0.25, 0.3) is 0 Å². The predicted octanol–water partition coefficient (Wildman–Crippen LogP) is 4.34. The van der Waals surface area contributed by atoms with E-state index in [1.54, 1.807) is 0 Å². The van der Waals surface area contributed by atoms with Gasteiger partial charge in [0.15, 0.2) is 0 Å². The third-order valence-corrected chi connectivity index (χ3v) is 6.04. The summed E-state index contributed by atoms with van der Waals surface area (Å²) in [4.78, 5) is 20.6. The maximum Gasteiger partial charge on any atom is 0.237 e. The number of aromatic amines is 1. The minimum atomic E-state index is -0.796. The zero-order chi connectivity index (χ0) is 19.1. The van der Waals surface area contributed by atoms with Crippen LogP contribution < -0.4 is 0 Å². The number of amides is 1. The van der Waals surface area contributed by atoms with Crippen molar-refractivity contribution in [2.75, 3.05) is 26.2 Å². The Kier molecular flexibility index (Phi) is 5.17. The number of fused-ring (bicyclic) bond motifs is 3. The van der Waals surface area contributed by atoms with E-state index < -0.39 is 6.17 Å². The molecule has 2 atom stereocenters. The number of benzene rings is 1. The molecule has 0 saturated carbocycles. The standard InChI is InChI=1S/C21H27ClFN3O/c1-13(2)9-19-21-16(17-10-14(22)3-4-18(17)24-21)6-8-26(19)20(27)12-25-7-5-15(23)11-25/h3-4,10,13,15,19,24H,5-9,11-12H2,1-2H3/t15-,19?/m0/s1. The number of H-pyrrole nitrogens is 1. The van der Waals surface area contributed by atoms with Gasteiger partial charge in [-0.2, -0.15) is 0 Å². The maximum atomic E-state index is 13.5. The van der Waals surface area contributed by atoms with Crippen LogP contribution in [0.2, 0.25) is 5.02 Å². The first-order chi connectivity index (χ1) is 12.9. The second-order valence-corrected chi connectivity index (χ2v) is 8.75. The minimum Gasteiger partial charge on any atom is -0.356 e. The van der Waals surface area contributed by atoms with Gasteiger partial charge >= 0.3 is 0 Å². The molecule has 1 aromatic heterocycles. The highest BCUT2D eigenvalue weighted by atomic mass is 35.5. The number of nitrogens with one attached hydrogen (secondary N) is 1. The molecule has 1 N–H and O–H groups in total. The lowest BCUT2D eigenvalue weighted by Gasteiger charge is -2.37. The molecule has 0 bridgehead atoms. The lowest BCUT2D eigenvalue weighted by molar-refractivity contribution is -0.135. The van der Waals surface area contributed by atoms with E-state index in [2.05, 4.69) is 18.8 Å². The van der Waals surface area contributed by atoms with E-state index in [0.717, 1.165) is 34.5 Å². The summed E-state index contributed by atoms with van der Waals surface area (Å²) in [5.41, 5.74) is 3.50. The van der Waals surface area contributed by atoms with Crippen LogP contribution >= 0.6 is 11.6 Å². The first-order valence-corrected chi connectivity index (χ1v) is 10.3. The number of likely N-dealkylation sites (tertiary alicyclic amines) is 1. The zero-order valence-electron chi connectivity index (χ0n) is 16.0. The van der Waals surface area contributed by atoms with Gasteiger partial charge in [-0.1, -0.05) is 25.4 Å². The molecule has 3 heterocycles. The van der Waals surface area contributed by atoms with Crippen LogP contribution in [0.15, 0.2) is 18.2 Å². The van der Waals surface area contributed by atoms with Crippen LogP contribution in [0.3, 0.4) is 0 Å². The van der Waals surface area contributed by atoms with Gasteiger partial charge in [0, 0.05) is 41.3 Å². The number of hydrogen-bond donors (Lipinski definition) is 1. The van der Waals surface area contributed by atoms with Gasteiger partial charge < -0.3 is 9.88 Å². The van der Waals surface area contributed by atoms with Crippen molar-refractivity contribution in [2.45, 2.75) is 45.3 Å². The number of carbonyl (C=O) groups excluding carboxylic acids is 1. The average Bonchev–Trinajstić information content (AvgIpc) is 3.18. The predicted molar refractivity (Wildman–Crippen MR) is 107 cm³/mol. The molecule has 0 spiro atoms. The Morgan fingerprint density at radius 2 is 2.19 bits per heavy atom. The van der Waals surface area contributed by atoms with Crippen LogP contribution in [0.5, 0.6) is 0 Å². The van der Waals surface area contributed by atoms with Crippen molar-refractivity contribution in [1.29, 1.82) is 0 Å². The summed E-state index contributed by atoms with van der Waals surface area (Å²) in [7, 11) is 0. The highest BCUT2D eigenvalue weighted by Crippen LogP contribution is 2.38. The molecule has 1 amide bonds. The van der Waals surface area contributed by atoms with E-state index in [1.807, 2.05) is 28.0 Å². The molecule has 2 aromatic rings. The van der Waals surface area contributed by atoms with Crippen molar-refractivity contribution in [2.24, 2.45) is 5.92 Å². The fourth-order valence-electron chi connectivity index (χ4n) is 4.54. The Bertz CT molecular complexity index is 849. The Morgan fingerprint density at radius 3 is 2.89 bits per heavy atom. The third kappa shape index (κ3) is 3.72.